The molecule has 0 bridgehead atoms. The van der Waals surface area contributed by atoms with E-state index in [-0.39, 0.29) is 12.4 Å². The van der Waals surface area contributed by atoms with Crippen LogP contribution >= 0.6 is 0 Å². The van der Waals surface area contributed by atoms with E-state index in [4.69, 9.17) is 4.74 Å². The van der Waals surface area contributed by atoms with Gasteiger partial charge in [-0.25, -0.2) is 4.39 Å². The summed E-state index contributed by atoms with van der Waals surface area (Å²) in [6, 6.07) is 4.96. The first-order chi connectivity index (χ1) is 8.65. The standard InChI is InChI=1S/C15H20FNO/c1-4-5-9-18-15-13(7-6-8-14(15)16)11-17-10-12(2)3/h6-8,12,17H,9-11H2,1-3H3. The Kier molecular flexibility index (Phi) is 6.24. The molecule has 0 fully saturated rings. The van der Waals surface area contributed by atoms with Crippen LogP contribution in [0.5, 0.6) is 5.75 Å². The van der Waals surface area contributed by atoms with Gasteiger partial charge < -0.3 is 10.1 Å². The molecule has 0 atom stereocenters. The van der Waals surface area contributed by atoms with E-state index >= 15 is 0 Å². The van der Waals surface area contributed by atoms with Crippen molar-refractivity contribution in [2.75, 3.05) is 13.2 Å². The molecule has 0 heterocycles. The molecule has 1 aromatic carbocycles. The number of ether oxygens (including phenoxy) is 1. The molecule has 0 aromatic heterocycles. The molecular formula is C15H20FNO. The normalized spacial score (nSPS) is 10.1. The molecule has 18 heavy (non-hydrogen) atoms. The number of benzene rings is 1. The predicted molar refractivity (Wildman–Crippen MR) is 71.9 cm³/mol. The van der Waals surface area contributed by atoms with Crippen LogP contribution in [-0.2, 0) is 6.54 Å². The van der Waals surface area contributed by atoms with Crippen molar-refractivity contribution in [2.45, 2.75) is 27.3 Å². The van der Waals surface area contributed by atoms with Crippen molar-refractivity contribution in [1.29, 1.82) is 0 Å². The maximum absolute atomic E-state index is 13.7. The Labute approximate surface area is 109 Å². The fraction of sp³-hybridized carbons (Fsp3) is 0.467. The number of rotatable bonds is 6. The third-order valence-electron chi connectivity index (χ3n) is 2.38. The highest BCUT2D eigenvalue weighted by atomic mass is 19.1. The molecule has 0 radical (unpaired) electrons. The van der Waals surface area contributed by atoms with Gasteiger partial charge in [-0.15, -0.1) is 5.92 Å². The Morgan fingerprint density at radius 1 is 1.39 bits per heavy atom. The second-order valence-corrected chi connectivity index (χ2v) is 4.47. The average molecular weight is 249 g/mol. The maximum atomic E-state index is 13.7. The van der Waals surface area contributed by atoms with Gasteiger partial charge in [-0.05, 0) is 25.5 Å². The van der Waals surface area contributed by atoms with Crippen molar-refractivity contribution in [1.82, 2.24) is 5.32 Å². The smallest absolute Gasteiger partial charge is 0.165 e. The molecule has 0 aliphatic heterocycles. The zero-order valence-electron chi connectivity index (χ0n) is 11.2. The number of para-hydroxylation sites is 1. The van der Waals surface area contributed by atoms with Gasteiger partial charge in [0.25, 0.3) is 0 Å². The van der Waals surface area contributed by atoms with E-state index in [2.05, 4.69) is 31.0 Å². The summed E-state index contributed by atoms with van der Waals surface area (Å²) in [6.45, 7) is 7.71. The van der Waals surface area contributed by atoms with Gasteiger partial charge in [0.05, 0.1) is 0 Å². The van der Waals surface area contributed by atoms with Gasteiger partial charge in [-0.1, -0.05) is 31.9 Å². The Morgan fingerprint density at radius 3 is 2.83 bits per heavy atom. The molecule has 0 aliphatic rings. The van der Waals surface area contributed by atoms with Crippen molar-refractivity contribution in [3.05, 3.63) is 29.6 Å². The Morgan fingerprint density at radius 2 is 2.17 bits per heavy atom. The second-order valence-electron chi connectivity index (χ2n) is 4.47. The van der Waals surface area contributed by atoms with Crippen molar-refractivity contribution >= 4 is 0 Å². The number of hydrogen-bond acceptors (Lipinski definition) is 2. The van der Waals surface area contributed by atoms with E-state index in [9.17, 15) is 4.39 Å². The van der Waals surface area contributed by atoms with Gasteiger partial charge in [0.15, 0.2) is 11.6 Å². The van der Waals surface area contributed by atoms with E-state index in [0.29, 0.717) is 18.2 Å². The minimum Gasteiger partial charge on any atom is -0.478 e. The highest BCUT2D eigenvalue weighted by Crippen LogP contribution is 2.22. The zero-order valence-corrected chi connectivity index (χ0v) is 11.2. The summed E-state index contributed by atoms with van der Waals surface area (Å²) < 4.78 is 19.0. The lowest BCUT2D eigenvalue weighted by molar-refractivity contribution is 0.342. The van der Waals surface area contributed by atoms with Gasteiger partial charge in [0, 0.05) is 12.1 Å². The first-order valence-corrected chi connectivity index (χ1v) is 6.15. The molecule has 0 saturated heterocycles. The summed E-state index contributed by atoms with van der Waals surface area (Å²) in [7, 11) is 0. The molecule has 1 N–H and O–H groups in total. The highest BCUT2D eigenvalue weighted by molar-refractivity contribution is 5.35. The van der Waals surface area contributed by atoms with Gasteiger partial charge >= 0.3 is 0 Å². The van der Waals surface area contributed by atoms with Crippen LogP contribution < -0.4 is 10.1 Å². The van der Waals surface area contributed by atoms with E-state index in [1.54, 1.807) is 13.0 Å². The van der Waals surface area contributed by atoms with Crippen molar-refractivity contribution in [3.63, 3.8) is 0 Å². The van der Waals surface area contributed by atoms with Gasteiger partial charge in [-0.2, -0.15) is 0 Å². The van der Waals surface area contributed by atoms with Crippen LogP contribution in [0.1, 0.15) is 26.3 Å². The Bertz CT molecular complexity index is 432. The number of hydrogen-bond donors (Lipinski definition) is 1. The molecule has 0 aliphatic carbocycles. The lowest BCUT2D eigenvalue weighted by atomic mass is 10.1. The Balaban J connectivity index is 2.69. The minimum absolute atomic E-state index is 0.217. The first-order valence-electron chi connectivity index (χ1n) is 6.15. The molecule has 1 aromatic rings. The third kappa shape index (κ3) is 4.77. The Hall–Kier alpha value is -1.53. The lowest BCUT2D eigenvalue weighted by Crippen LogP contribution is -2.19. The number of nitrogens with one attached hydrogen (secondary N) is 1. The molecule has 98 valence electrons. The zero-order chi connectivity index (χ0) is 13.4. The summed E-state index contributed by atoms with van der Waals surface area (Å²) in [5.74, 6) is 6.02. The summed E-state index contributed by atoms with van der Waals surface area (Å²) in [5, 5.41) is 3.28. The average Bonchev–Trinajstić information content (AvgIpc) is 2.32. The summed E-state index contributed by atoms with van der Waals surface area (Å²) >= 11 is 0. The summed E-state index contributed by atoms with van der Waals surface area (Å²) in [5.41, 5.74) is 0.827. The van der Waals surface area contributed by atoms with Crippen LogP contribution in [0.3, 0.4) is 0 Å². The highest BCUT2D eigenvalue weighted by Gasteiger charge is 2.09. The predicted octanol–water partition coefficient (Wildman–Crippen LogP) is 2.97. The van der Waals surface area contributed by atoms with Crippen molar-refractivity contribution in [2.24, 2.45) is 5.92 Å². The maximum Gasteiger partial charge on any atom is 0.165 e. The first kappa shape index (κ1) is 14.5. The largest absolute Gasteiger partial charge is 0.478 e. The van der Waals surface area contributed by atoms with E-state index in [1.165, 1.54) is 6.07 Å². The molecule has 2 nitrogen and oxygen atoms in total. The SMILES string of the molecule is CC#CCOc1c(F)cccc1CNCC(C)C. The van der Waals surface area contributed by atoms with E-state index in [1.807, 2.05) is 6.07 Å². The summed E-state index contributed by atoms with van der Waals surface area (Å²) in [4.78, 5) is 0. The van der Waals surface area contributed by atoms with Crippen LogP contribution in [0.4, 0.5) is 4.39 Å². The van der Waals surface area contributed by atoms with Crippen LogP contribution in [0.25, 0.3) is 0 Å². The molecule has 0 amide bonds. The van der Waals surface area contributed by atoms with Crippen LogP contribution in [0, 0.1) is 23.6 Å². The van der Waals surface area contributed by atoms with Crippen molar-refractivity contribution in [3.8, 4) is 17.6 Å². The van der Waals surface area contributed by atoms with Gasteiger partial charge in [0.1, 0.15) is 6.61 Å². The quantitative estimate of drug-likeness (QED) is 0.783. The minimum atomic E-state index is -0.336. The van der Waals surface area contributed by atoms with Crippen LogP contribution in [0.15, 0.2) is 18.2 Å². The molecular weight excluding hydrogens is 229 g/mol. The second kappa shape index (κ2) is 7.73. The molecule has 3 heteroatoms. The molecule has 0 spiro atoms. The lowest BCUT2D eigenvalue weighted by Gasteiger charge is -2.12. The summed E-state index contributed by atoms with van der Waals surface area (Å²) in [6.07, 6.45) is 0. The van der Waals surface area contributed by atoms with E-state index in [0.717, 1.165) is 12.1 Å². The monoisotopic (exact) mass is 249 g/mol. The van der Waals surface area contributed by atoms with Crippen molar-refractivity contribution < 1.29 is 9.13 Å². The van der Waals surface area contributed by atoms with Gasteiger partial charge in [-0.3, -0.25) is 0 Å². The van der Waals surface area contributed by atoms with Gasteiger partial charge in [0.2, 0.25) is 0 Å². The topological polar surface area (TPSA) is 21.3 Å². The van der Waals surface area contributed by atoms with Crippen LogP contribution in [-0.4, -0.2) is 13.2 Å². The fourth-order valence-electron chi connectivity index (χ4n) is 1.53. The fourth-order valence-corrected chi connectivity index (χ4v) is 1.53. The molecule has 1 rings (SSSR count). The molecule has 0 unspecified atom stereocenters. The third-order valence-corrected chi connectivity index (χ3v) is 2.38. The van der Waals surface area contributed by atoms with E-state index < -0.39 is 0 Å². The van der Waals surface area contributed by atoms with Crippen LogP contribution in [0.2, 0.25) is 0 Å². The molecule has 0 saturated carbocycles. The number of halogens is 1.